The van der Waals surface area contributed by atoms with Gasteiger partial charge in [-0.2, -0.15) is 0 Å². The van der Waals surface area contributed by atoms with Gasteiger partial charge in [0.05, 0.1) is 0 Å². The fourth-order valence-electron chi connectivity index (χ4n) is 2.30. The molecule has 2 amide bonds. The van der Waals surface area contributed by atoms with Crippen molar-refractivity contribution >= 4 is 11.7 Å². The Hall–Kier alpha value is -1.51. The predicted molar refractivity (Wildman–Crippen MR) is 77.0 cm³/mol. The molecule has 1 rings (SSSR count). The first-order valence-electron chi connectivity index (χ1n) is 6.49. The van der Waals surface area contributed by atoms with Gasteiger partial charge in [0.15, 0.2) is 0 Å². The van der Waals surface area contributed by atoms with Gasteiger partial charge in [-0.1, -0.05) is 6.07 Å². The van der Waals surface area contributed by atoms with E-state index >= 15 is 0 Å². The smallest absolute Gasteiger partial charge is 0.320 e. The highest BCUT2D eigenvalue weighted by Crippen LogP contribution is 2.15. The highest BCUT2D eigenvalue weighted by atomic mass is 16.2. The van der Waals surface area contributed by atoms with Gasteiger partial charge in [-0.3, -0.25) is 0 Å². The van der Waals surface area contributed by atoms with Crippen LogP contribution in [0.4, 0.5) is 10.5 Å². The molecule has 0 heterocycles. The van der Waals surface area contributed by atoms with Gasteiger partial charge in [0.2, 0.25) is 0 Å². The summed E-state index contributed by atoms with van der Waals surface area (Å²) in [6, 6.07) is 6.42. The van der Waals surface area contributed by atoms with Gasteiger partial charge in [-0.25, -0.2) is 4.79 Å². The fourth-order valence-corrected chi connectivity index (χ4v) is 2.30. The molecule has 0 atom stereocenters. The summed E-state index contributed by atoms with van der Waals surface area (Å²) in [5.74, 6) is 0. The highest BCUT2D eigenvalue weighted by molar-refractivity contribution is 5.89. The first kappa shape index (κ1) is 14.6. The largest absolute Gasteiger partial charge is 0.322 e. The van der Waals surface area contributed by atoms with Crippen LogP contribution in [0.5, 0.6) is 0 Å². The zero-order chi connectivity index (χ0) is 13.9. The monoisotopic (exact) mass is 248 g/mol. The molecule has 0 aliphatic rings. The molecular weight excluding hydrogens is 224 g/mol. The molecule has 0 saturated heterocycles. The lowest BCUT2D eigenvalue weighted by Crippen LogP contribution is -2.44. The van der Waals surface area contributed by atoms with Crippen molar-refractivity contribution in [2.45, 2.75) is 53.6 Å². The third kappa shape index (κ3) is 3.76. The fraction of sp³-hybridized carbons (Fsp3) is 0.533. The number of rotatable bonds is 3. The zero-order valence-corrected chi connectivity index (χ0v) is 12.2. The number of nitrogens with one attached hydrogen (secondary N) is 1. The van der Waals surface area contributed by atoms with Gasteiger partial charge >= 0.3 is 6.03 Å². The van der Waals surface area contributed by atoms with Gasteiger partial charge in [0.1, 0.15) is 0 Å². The lowest BCUT2D eigenvalue weighted by atomic mass is 10.1. The lowest BCUT2D eigenvalue weighted by Gasteiger charge is -2.30. The number of amides is 2. The molecule has 0 saturated carbocycles. The van der Waals surface area contributed by atoms with Crippen LogP contribution in [0.1, 0.15) is 38.8 Å². The molecule has 100 valence electrons. The quantitative estimate of drug-likeness (QED) is 0.863. The van der Waals surface area contributed by atoms with E-state index < -0.39 is 0 Å². The topological polar surface area (TPSA) is 32.3 Å². The van der Waals surface area contributed by atoms with Crippen molar-refractivity contribution in [3.63, 3.8) is 0 Å². The predicted octanol–water partition coefficient (Wildman–Crippen LogP) is 3.95. The summed E-state index contributed by atoms with van der Waals surface area (Å²) in [7, 11) is 0. The third-order valence-electron chi connectivity index (χ3n) is 2.82. The van der Waals surface area contributed by atoms with Crippen molar-refractivity contribution in [2.24, 2.45) is 0 Å². The number of nitrogens with zero attached hydrogens (tertiary/aromatic N) is 1. The van der Waals surface area contributed by atoms with Crippen LogP contribution in [0, 0.1) is 13.8 Å². The molecule has 1 aromatic rings. The van der Waals surface area contributed by atoms with Crippen LogP contribution in [0.2, 0.25) is 0 Å². The third-order valence-corrected chi connectivity index (χ3v) is 2.82. The molecule has 0 unspecified atom stereocenters. The molecule has 1 aromatic carbocycles. The van der Waals surface area contributed by atoms with Crippen molar-refractivity contribution < 1.29 is 4.79 Å². The van der Waals surface area contributed by atoms with Crippen LogP contribution < -0.4 is 5.32 Å². The molecule has 3 nitrogen and oxygen atoms in total. The minimum absolute atomic E-state index is 0.0370. The molecule has 18 heavy (non-hydrogen) atoms. The van der Waals surface area contributed by atoms with Crippen LogP contribution in [-0.2, 0) is 0 Å². The number of anilines is 1. The molecule has 0 radical (unpaired) electrons. The molecular formula is C15H24N2O. The Morgan fingerprint density at radius 1 is 1.00 bits per heavy atom. The number of carbonyl (C=O) groups excluding carboxylic acids is 1. The molecule has 0 aliphatic carbocycles. The van der Waals surface area contributed by atoms with Crippen molar-refractivity contribution in [2.75, 3.05) is 5.32 Å². The standard InChI is InChI=1S/C15H24N2O/c1-10(2)17(11(3)4)15(18)16-14-8-12(5)7-13(6)9-14/h7-11H,1-6H3,(H,16,18). The van der Waals surface area contributed by atoms with E-state index in [1.165, 1.54) is 0 Å². The van der Waals surface area contributed by atoms with Crippen LogP contribution in [0.25, 0.3) is 0 Å². The summed E-state index contributed by atoms with van der Waals surface area (Å²) in [5.41, 5.74) is 3.18. The lowest BCUT2D eigenvalue weighted by molar-refractivity contribution is 0.178. The van der Waals surface area contributed by atoms with E-state index in [1.54, 1.807) is 0 Å². The summed E-state index contributed by atoms with van der Waals surface area (Å²) in [5, 5.41) is 2.97. The van der Waals surface area contributed by atoms with Gasteiger partial charge in [-0.05, 0) is 64.8 Å². The van der Waals surface area contributed by atoms with Gasteiger partial charge in [-0.15, -0.1) is 0 Å². The number of benzene rings is 1. The normalized spacial score (nSPS) is 10.9. The Morgan fingerprint density at radius 2 is 1.44 bits per heavy atom. The van der Waals surface area contributed by atoms with E-state index in [9.17, 15) is 4.79 Å². The molecule has 0 aromatic heterocycles. The van der Waals surface area contributed by atoms with Crippen LogP contribution in [0.15, 0.2) is 18.2 Å². The zero-order valence-electron chi connectivity index (χ0n) is 12.2. The van der Waals surface area contributed by atoms with E-state index in [1.807, 2.05) is 58.6 Å². The van der Waals surface area contributed by atoms with Crippen LogP contribution >= 0.6 is 0 Å². The van der Waals surface area contributed by atoms with Gasteiger partial charge in [0.25, 0.3) is 0 Å². The Morgan fingerprint density at radius 3 is 1.83 bits per heavy atom. The second-order valence-electron chi connectivity index (χ2n) is 5.40. The first-order chi connectivity index (χ1) is 8.31. The summed E-state index contributed by atoms with van der Waals surface area (Å²) in [6.07, 6.45) is 0. The van der Waals surface area contributed by atoms with Gasteiger partial charge in [0, 0.05) is 17.8 Å². The minimum Gasteiger partial charge on any atom is -0.320 e. The van der Waals surface area contributed by atoms with E-state index in [0.29, 0.717) is 0 Å². The van der Waals surface area contributed by atoms with Crippen LogP contribution in [-0.4, -0.2) is 23.0 Å². The minimum atomic E-state index is -0.0370. The molecule has 0 spiro atoms. The SMILES string of the molecule is Cc1cc(C)cc(NC(=O)N(C(C)C)C(C)C)c1. The van der Waals surface area contributed by atoms with Crippen molar-refractivity contribution in [3.05, 3.63) is 29.3 Å². The number of urea groups is 1. The number of aryl methyl sites for hydroxylation is 2. The second-order valence-corrected chi connectivity index (χ2v) is 5.40. The molecule has 0 fully saturated rings. The Bertz CT molecular complexity index is 396. The van der Waals surface area contributed by atoms with Crippen molar-refractivity contribution in [1.82, 2.24) is 4.90 Å². The summed E-state index contributed by atoms with van der Waals surface area (Å²) >= 11 is 0. The molecule has 3 heteroatoms. The summed E-state index contributed by atoms with van der Waals surface area (Å²) in [4.78, 5) is 14.1. The maximum Gasteiger partial charge on any atom is 0.322 e. The average Bonchev–Trinajstić information content (AvgIpc) is 2.13. The maximum atomic E-state index is 12.2. The Labute approximate surface area is 110 Å². The average molecular weight is 248 g/mol. The molecule has 0 bridgehead atoms. The van der Waals surface area contributed by atoms with Crippen molar-refractivity contribution in [3.8, 4) is 0 Å². The summed E-state index contributed by atoms with van der Waals surface area (Å²) in [6.45, 7) is 12.2. The van der Waals surface area contributed by atoms with E-state index in [-0.39, 0.29) is 18.1 Å². The highest BCUT2D eigenvalue weighted by Gasteiger charge is 2.19. The first-order valence-corrected chi connectivity index (χ1v) is 6.49. The number of hydrogen-bond donors (Lipinski definition) is 1. The van der Waals surface area contributed by atoms with Crippen LogP contribution in [0.3, 0.4) is 0 Å². The van der Waals surface area contributed by atoms with Crippen molar-refractivity contribution in [1.29, 1.82) is 0 Å². The molecule has 1 N–H and O–H groups in total. The maximum absolute atomic E-state index is 12.2. The second kappa shape index (κ2) is 5.89. The van der Waals surface area contributed by atoms with Gasteiger partial charge < -0.3 is 10.2 Å². The molecule has 0 aliphatic heterocycles. The van der Waals surface area contributed by atoms with E-state index in [4.69, 9.17) is 0 Å². The van der Waals surface area contributed by atoms with E-state index in [0.717, 1.165) is 16.8 Å². The Balaban J connectivity index is 2.86. The number of carbonyl (C=O) groups is 1. The summed E-state index contributed by atoms with van der Waals surface area (Å²) < 4.78 is 0. The number of hydrogen-bond acceptors (Lipinski definition) is 1. The van der Waals surface area contributed by atoms with E-state index in [2.05, 4.69) is 11.4 Å². The Kier molecular flexibility index (Phi) is 4.76.